The summed E-state index contributed by atoms with van der Waals surface area (Å²) in [5, 5.41) is 64.5. The number of benzene rings is 2. The molecule has 6 aromatic rings. The molecular formula is C50H60N16O18S3+2. The third kappa shape index (κ3) is 12.2. The maximum Gasteiger partial charge on any atom is 0.442 e. The van der Waals surface area contributed by atoms with Crippen LogP contribution in [0.4, 0.5) is 10.3 Å². The molecule has 0 radical (unpaired) electrons. The minimum atomic E-state index is -5.38. The van der Waals surface area contributed by atoms with Crippen LogP contribution >= 0.6 is 22.7 Å². The molecule has 2 aromatic carbocycles. The number of nitrogen functional groups attached to an aromatic ring is 2. The number of aromatic nitrogens is 6. The van der Waals surface area contributed by atoms with Gasteiger partial charge in [0, 0.05) is 49.1 Å². The molecule has 0 unspecified atom stereocenters. The molecular weight excluding hydrogens is 1210 g/mol. The van der Waals surface area contributed by atoms with E-state index < -0.39 is 118 Å². The van der Waals surface area contributed by atoms with E-state index in [2.05, 4.69) is 41.5 Å². The zero-order chi connectivity index (χ0) is 62.6. The number of nitrogens with one attached hydrogen (secondary N) is 4. The number of hydrogen-bond acceptors (Lipinski definition) is 26. The molecule has 4 aliphatic heterocycles. The number of carboxylic acids is 2. The number of amides is 4. The van der Waals surface area contributed by atoms with Gasteiger partial charge < -0.3 is 72.3 Å². The molecule has 0 aliphatic carbocycles. The lowest BCUT2D eigenvalue weighted by molar-refractivity contribution is -0.733. The Balaban J connectivity index is 0.750. The number of carbonyl (C=O) groups is 6. The van der Waals surface area contributed by atoms with Gasteiger partial charge in [0.1, 0.15) is 60.3 Å². The summed E-state index contributed by atoms with van der Waals surface area (Å²) in [6, 6.07) is 6.55. The molecule has 37 heteroatoms. The molecule has 10 rings (SSSR count). The van der Waals surface area contributed by atoms with Gasteiger partial charge in [0.2, 0.25) is 11.0 Å². The number of nitrogens with two attached hydrogens (primary N) is 2. The molecule has 87 heavy (non-hydrogen) atoms. The Morgan fingerprint density at radius 2 is 1.09 bits per heavy atom. The summed E-state index contributed by atoms with van der Waals surface area (Å²) in [7, 11) is -1.71. The van der Waals surface area contributed by atoms with Crippen molar-refractivity contribution in [2.75, 3.05) is 50.9 Å². The number of aliphatic hydroxyl groups is 2. The van der Waals surface area contributed by atoms with Crippen LogP contribution in [-0.4, -0.2) is 192 Å². The SMILES string of the molecule is C[n+]1c2ccc(OC[C@H](O/N=C(\C(=O)N[C@@H]3C(=O)N(OS(=O)(=O)ON4C(=O)[C@@H](NC(=O)/C(=N\O[C@@H](COc5ccc6c(c5)cn([C@@H]5CNC[C@@H]5O)[n+]6C)C(=O)O)c5csc(N)n5)C4(C)C)C3(C)C)c3csc(N)n3)C(=O)O)cc2cn1[C@@H]1CNC[C@@H]1O. The van der Waals surface area contributed by atoms with Crippen LogP contribution in [0.15, 0.2) is 69.9 Å². The normalized spacial score (nSPS) is 22.6. The van der Waals surface area contributed by atoms with Crippen LogP contribution in [0, 0.1) is 0 Å². The maximum atomic E-state index is 13.9. The van der Waals surface area contributed by atoms with Gasteiger partial charge in [-0.25, -0.2) is 19.6 Å². The highest BCUT2D eigenvalue weighted by Crippen LogP contribution is 2.37. The number of β-lactam (4-membered cyclic amide) rings is 2. The van der Waals surface area contributed by atoms with Crippen LogP contribution in [0.25, 0.3) is 21.8 Å². The first-order valence-corrected chi connectivity index (χ1v) is 29.6. The first-order chi connectivity index (χ1) is 41.1. The average molecular weight is 1270 g/mol. The Hall–Kier alpha value is -8.69. The lowest BCUT2D eigenvalue weighted by atomic mass is 9.84. The van der Waals surface area contributed by atoms with E-state index in [0.717, 1.165) is 44.5 Å². The second-order valence-electron chi connectivity index (χ2n) is 21.5. The topological polar surface area (TPSA) is 448 Å². The number of nitrogens with zero attached hydrogens (tertiary/aromatic N) is 10. The monoisotopic (exact) mass is 1270 g/mol. The Bertz CT molecular complexity index is 3660. The largest absolute Gasteiger partial charge is 0.489 e. The first-order valence-electron chi connectivity index (χ1n) is 26.5. The zero-order valence-electron chi connectivity index (χ0n) is 47.0. The summed E-state index contributed by atoms with van der Waals surface area (Å²) in [6.07, 6.45) is -1.17. The Morgan fingerprint density at radius 3 is 1.41 bits per heavy atom. The lowest BCUT2D eigenvalue weighted by Crippen LogP contribution is -2.78. The van der Waals surface area contributed by atoms with Gasteiger partial charge in [-0.2, -0.15) is 27.9 Å². The van der Waals surface area contributed by atoms with Gasteiger partial charge in [0.15, 0.2) is 35.8 Å². The van der Waals surface area contributed by atoms with Crippen molar-refractivity contribution in [3.8, 4) is 11.5 Å². The molecule has 8 heterocycles. The number of aryl methyl sites for hydroxylation is 2. The Labute approximate surface area is 500 Å². The number of carboxylic acid groups (broad SMARTS) is 2. The van der Waals surface area contributed by atoms with E-state index >= 15 is 0 Å². The molecule has 464 valence electrons. The van der Waals surface area contributed by atoms with E-state index in [-0.39, 0.29) is 45.2 Å². The highest BCUT2D eigenvalue weighted by atomic mass is 32.3. The highest BCUT2D eigenvalue weighted by Gasteiger charge is 2.61. The van der Waals surface area contributed by atoms with Crippen molar-refractivity contribution in [2.45, 2.75) is 87.4 Å². The summed E-state index contributed by atoms with van der Waals surface area (Å²) in [5.74, 6) is -7.08. The molecule has 0 bridgehead atoms. The van der Waals surface area contributed by atoms with Crippen molar-refractivity contribution >= 4 is 112 Å². The van der Waals surface area contributed by atoms with Crippen molar-refractivity contribution in [3.63, 3.8) is 0 Å². The van der Waals surface area contributed by atoms with Crippen molar-refractivity contribution in [1.82, 2.24) is 50.7 Å². The second kappa shape index (κ2) is 23.9. The van der Waals surface area contributed by atoms with E-state index in [4.69, 9.17) is 39.2 Å². The van der Waals surface area contributed by atoms with Crippen molar-refractivity contribution in [3.05, 3.63) is 70.9 Å². The molecule has 4 aromatic heterocycles. The van der Waals surface area contributed by atoms with E-state index in [1.54, 1.807) is 36.4 Å². The van der Waals surface area contributed by atoms with Crippen LogP contribution in [0.3, 0.4) is 0 Å². The minimum Gasteiger partial charge on any atom is -0.489 e. The number of aliphatic carboxylic acids is 2. The lowest BCUT2D eigenvalue weighted by Gasteiger charge is -2.52. The number of ether oxygens (including phenoxy) is 2. The number of anilines is 2. The fourth-order valence-corrected chi connectivity index (χ4v) is 12.2. The number of hydroxylamine groups is 4. The quantitative estimate of drug-likeness (QED) is 0.0124. The summed E-state index contributed by atoms with van der Waals surface area (Å²) < 4.78 is 56.0. The van der Waals surface area contributed by atoms with Gasteiger partial charge in [-0.1, -0.05) is 10.3 Å². The van der Waals surface area contributed by atoms with Gasteiger partial charge in [0.25, 0.3) is 35.8 Å². The third-order valence-corrected chi connectivity index (χ3v) is 17.0. The van der Waals surface area contributed by atoms with Gasteiger partial charge in [-0.05, 0) is 52.0 Å². The number of carbonyl (C=O) groups excluding carboxylic acids is 4. The highest BCUT2D eigenvalue weighted by molar-refractivity contribution is 7.81. The van der Waals surface area contributed by atoms with Crippen LogP contribution in [0.2, 0.25) is 0 Å². The van der Waals surface area contributed by atoms with Crippen molar-refractivity contribution < 1.29 is 94.7 Å². The molecule has 4 fully saturated rings. The molecule has 34 nitrogen and oxygen atoms in total. The third-order valence-electron chi connectivity index (χ3n) is 15.0. The van der Waals surface area contributed by atoms with Crippen molar-refractivity contribution in [2.24, 2.45) is 24.4 Å². The Morgan fingerprint density at radius 1 is 0.701 bits per heavy atom. The van der Waals surface area contributed by atoms with Gasteiger partial charge in [-0.15, -0.1) is 40.6 Å². The molecule has 12 N–H and O–H groups in total. The molecule has 4 saturated heterocycles. The van der Waals surface area contributed by atoms with E-state index in [9.17, 15) is 57.6 Å². The second-order valence-corrected chi connectivity index (χ2v) is 24.4. The summed E-state index contributed by atoms with van der Waals surface area (Å²) in [6.45, 7) is 6.00. The van der Waals surface area contributed by atoms with Crippen LogP contribution in [0.5, 0.6) is 11.5 Å². The van der Waals surface area contributed by atoms with Gasteiger partial charge in [-0.3, -0.25) is 19.2 Å². The molecule has 4 aliphatic rings. The smallest absolute Gasteiger partial charge is 0.442 e. The molecule has 0 saturated carbocycles. The van der Waals surface area contributed by atoms with Gasteiger partial charge >= 0.3 is 22.3 Å². The van der Waals surface area contributed by atoms with Crippen LogP contribution in [-0.2, 0) is 71.5 Å². The number of aliphatic hydroxyl groups excluding tert-OH is 2. The predicted octanol–water partition coefficient (Wildman–Crippen LogP) is -3.14. The zero-order valence-corrected chi connectivity index (χ0v) is 49.4. The average Bonchev–Trinajstić information content (AvgIpc) is 1.81. The predicted molar refractivity (Wildman–Crippen MR) is 301 cm³/mol. The minimum absolute atomic E-state index is 0.0197. The van der Waals surface area contributed by atoms with Crippen molar-refractivity contribution in [1.29, 1.82) is 0 Å². The number of oxime groups is 2. The number of hydrogen-bond donors (Lipinski definition) is 10. The van der Waals surface area contributed by atoms with Crippen LogP contribution < -0.4 is 51.6 Å². The number of rotatable bonds is 24. The van der Waals surface area contributed by atoms with Gasteiger partial charge in [0.05, 0.1) is 46.5 Å². The van der Waals surface area contributed by atoms with E-state index in [0.29, 0.717) is 36.3 Å². The Kier molecular flexibility index (Phi) is 16.9. The summed E-state index contributed by atoms with van der Waals surface area (Å²) in [4.78, 5) is 98.6. The fourth-order valence-electron chi connectivity index (χ4n) is 10.1. The van der Waals surface area contributed by atoms with E-state index in [1.165, 1.54) is 38.5 Å². The molecule has 8 atom stereocenters. The standard InChI is InChI=1S/C50H58N16O18S3/c1-49(2)39(57-41(69)37(27-21-85-47(51)55-27)59-81-35(45(73)74)19-79-25-7-9-29-23(11-25)17-63(61(29)5)31-13-53-15-33(31)67)43(71)65(49)83-87(77,78)84-66-44(72)40(50(66,3)4)58-42(70)38(28-22-86-48(52)56-28)60-82-36(46(75)76)20-80-26-8-10-30-24(12-26)18-64(62(30)6)32-14-54-16-34(32)68/h7-12,17-18,21-22,31-36,39-40,53-54,67-68H,13-16,19-20H2,1-6H3,(H6-2,51,52,55,56,57,58,69,70,73,74,75,76)/p+2/b59-37-,60-38-/t31-,32-,33+,34+,35+,36+,39-,40-/m1/s1. The number of fused-ring (bicyclic) bond motifs is 2. The number of thiazole rings is 2. The molecule has 0 spiro atoms. The van der Waals surface area contributed by atoms with E-state index in [1.807, 2.05) is 45.2 Å². The molecule has 4 amide bonds. The first kappa shape index (κ1) is 61.4. The maximum absolute atomic E-state index is 13.9. The fraction of sp³-hybridized carbons (Fsp3) is 0.440. The van der Waals surface area contributed by atoms with Crippen LogP contribution in [0.1, 0.15) is 51.2 Å². The number of β-amino-alcohol motifs (C(OH)–C–C–N with tert-alkyl or cyclic N) is 2. The summed E-state index contributed by atoms with van der Waals surface area (Å²) in [5.41, 5.74) is 8.29. The summed E-state index contributed by atoms with van der Waals surface area (Å²) >= 11 is 1.80.